The van der Waals surface area contributed by atoms with Crippen LogP contribution in [0.3, 0.4) is 0 Å². The molecule has 0 saturated carbocycles. The number of aromatic nitrogens is 2. The number of anilines is 1. The molecule has 0 bridgehead atoms. The highest BCUT2D eigenvalue weighted by molar-refractivity contribution is 6.00. The molecule has 2 amide bonds. The summed E-state index contributed by atoms with van der Waals surface area (Å²) in [4.78, 5) is 26.6. The van der Waals surface area contributed by atoms with Crippen molar-refractivity contribution in [3.8, 4) is 0 Å². The molecule has 190 valence electrons. The normalized spacial score (nSPS) is 18.0. The number of benzene rings is 3. The third-order valence-corrected chi connectivity index (χ3v) is 6.43. The zero-order valence-corrected chi connectivity index (χ0v) is 19.7. The van der Waals surface area contributed by atoms with Crippen molar-refractivity contribution in [3.05, 3.63) is 95.7 Å². The number of fused-ring (bicyclic) bond motifs is 1. The molecular weight excluding hydrogens is 488 g/mol. The van der Waals surface area contributed by atoms with E-state index >= 15 is 0 Å². The second-order valence-corrected chi connectivity index (χ2v) is 9.07. The van der Waals surface area contributed by atoms with E-state index in [4.69, 9.17) is 0 Å². The summed E-state index contributed by atoms with van der Waals surface area (Å²) < 4.78 is 56.6. The fourth-order valence-corrected chi connectivity index (χ4v) is 4.64. The van der Waals surface area contributed by atoms with Crippen LogP contribution in [-0.2, 0) is 16.1 Å². The summed E-state index contributed by atoms with van der Waals surface area (Å²) in [7, 11) is 0. The minimum Gasteiger partial charge on any atom is -0.345 e. The van der Waals surface area contributed by atoms with Crippen LogP contribution in [0.4, 0.5) is 23.2 Å². The number of nitrogens with zero attached hydrogens (tertiary/aromatic N) is 3. The van der Waals surface area contributed by atoms with Gasteiger partial charge in [-0.05, 0) is 42.0 Å². The SMILES string of the molecule is CC(F)(F)C(=O)NC1CC(=O)N(c2ccc3c(cnn3Cc3ccccc3F)c2)[C@@H]1c1ccc(F)cc1. The number of hydrogen-bond donors (Lipinski definition) is 1. The molecule has 4 aromatic rings. The Kier molecular flexibility index (Phi) is 6.18. The molecule has 1 aromatic heterocycles. The Labute approximate surface area is 209 Å². The van der Waals surface area contributed by atoms with Crippen molar-refractivity contribution in [3.63, 3.8) is 0 Å². The van der Waals surface area contributed by atoms with Crippen molar-refractivity contribution in [1.82, 2.24) is 15.1 Å². The van der Waals surface area contributed by atoms with Crippen LogP contribution in [0.15, 0.2) is 72.9 Å². The molecule has 10 heteroatoms. The van der Waals surface area contributed by atoms with Crippen molar-refractivity contribution in [2.45, 2.75) is 37.9 Å². The topological polar surface area (TPSA) is 67.2 Å². The molecule has 1 unspecified atom stereocenters. The predicted octanol–water partition coefficient (Wildman–Crippen LogP) is 4.98. The van der Waals surface area contributed by atoms with E-state index in [0.29, 0.717) is 34.6 Å². The number of nitrogens with one attached hydrogen (secondary N) is 1. The summed E-state index contributed by atoms with van der Waals surface area (Å²) in [6.45, 7) is 0.687. The van der Waals surface area contributed by atoms with Gasteiger partial charge in [-0.15, -0.1) is 0 Å². The van der Waals surface area contributed by atoms with Gasteiger partial charge in [-0.25, -0.2) is 8.78 Å². The van der Waals surface area contributed by atoms with Crippen molar-refractivity contribution in [2.24, 2.45) is 0 Å². The molecule has 3 aromatic carbocycles. The largest absolute Gasteiger partial charge is 0.345 e. The Bertz CT molecular complexity index is 1480. The third-order valence-electron chi connectivity index (χ3n) is 6.43. The van der Waals surface area contributed by atoms with E-state index < -0.39 is 35.6 Å². The molecular formula is C27H22F4N4O2. The van der Waals surface area contributed by atoms with Crippen LogP contribution in [0.1, 0.15) is 30.5 Å². The number of carbonyl (C=O) groups is 2. The molecule has 0 aliphatic carbocycles. The average Bonchev–Trinajstić information content (AvgIpc) is 3.40. The zero-order valence-electron chi connectivity index (χ0n) is 19.7. The summed E-state index contributed by atoms with van der Waals surface area (Å²) in [5.41, 5.74) is 2.10. The summed E-state index contributed by atoms with van der Waals surface area (Å²) in [6.07, 6.45) is 1.37. The maximum absolute atomic E-state index is 14.1. The molecule has 2 heterocycles. The Morgan fingerprint density at radius 2 is 1.81 bits per heavy atom. The van der Waals surface area contributed by atoms with Crippen LogP contribution in [0.2, 0.25) is 0 Å². The molecule has 0 radical (unpaired) electrons. The highest BCUT2D eigenvalue weighted by Gasteiger charge is 2.45. The van der Waals surface area contributed by atoms with E-state index in [1.807, 2.05) is 0 Å². The highest BCUT2D eigenvalue weighted by atomic mass is 19.3. The van der Waals surface area contributed by atoms with Gasteiger partial charge in [0, 0.05) is 30.0 Å². The van der Waals surface area contributed by atoms with E-state index in [0.717, 1.165) is 0 Å². The zero-order chi connectivity index (χ0) is 26.3. The Balaban J connectivity index is 1.51. The first-order valence-corrected chi connectivity index (χ1v) is 11.6. The second-order valence-electron chi connectivity index (χ2n) is 9.07. The highest BCUT2D eigenvalue weighted by Crippen LogP contribution is 2.39. The van der Waals surface area contributed by atoms with Gasteiger partial charge >= 0.3 is 5.92 Å². The smallest absolute Gasteiger partial charge is 0.321 e. The van der Waals surface area contributed by atoms with Gasteiger partial charge in [0.15, 0.2) is 0 Å². The Hall–Kier alpha value is -4.21. The maximum atomic E-state index is 14.1. The van der Waals surface area contributed by atoms with E-state index in [-0.39, 0.29) is 18.8 Å². The van der Waals surface area contributed by atoms with Crippen LogP contribution in [-0.4, -0.2) is 33.6 Å². The molecule has 1 aliphatic heterocycles. The van der Waals surface area contributed by atoms with E-state index in [9.17, 15) is 27.2 Å². The quantitative estimate of drug-likeness (QED) is 0.372. The Morgan fingerprint density at radius 3 is 2.51 bits per heavy atom. The van der Waals surface area contributed by atoms with Crippen LogP contribution >= 0.6 is 0 Å². The van der Waals surface area contributed by atoms with Gasteiger partial charge in [-0.2, -0.15) is 13.9 Å². The first-order chi connectivity index (χ1) is 17.6. The lowest BCUT2D eigenvalue weighted by atomic mass is 9.99. The van der Waals surface area contributed by atoms with E-state index in [2.05, 4.69) is 10.4 Å². The monoisotopic (exact) mass is 510 g/mol. The fraction of sp³-hybridized carbons (Fsp3) is 0.222. The minimum absolute atomic E-state index is 0.204. The van der Waals surface area contributed by atoms with Gasteiger partial charge in [-0.1, -0.05) is 30.3 Å². The molecule has 6 nitrogen and oxygen atoms in total. The molecule has 1 fully saturated rings. The number of carbonyl (C=O) groups excluding carboxylic acids is 2. The molecule has 5 rings (SSSR count). The standard InChI is InChI=1S/C27H22F4N4O2/c1-27(30,31)26(37)33-22-13-24(36)35(25(22)16-6-8-19(28)9-7-16)20-10-11-23-18(12-20)14-32-34(23)15-17-4-2-3-5-21(17)29/h2-12,14,22,25H,13,15H2,1H3,(H,33,37)/t22?,25-/m1/s1. The fourth-order valence-electron chi connectivity index (χ4n) is 4.64. The summed E-state index contributed by atoms with van der Waals surface area (Å²) >= 11 is 0. The summed E-state index contributed by atoms with van der Waals surface area (Å²) in [6, 6.07) is 15.0. The number of hydrogen-bond acceptors (Lipinski definition) is 3. The molecule has 37 heavy (non-hydrogen) atoms. The summed E-state index contributed by atoms with van der Waals surface area (Å²) in [5.74, 6) is -6.36. The van der Waals surface area contributed by atoms with Crippen LogP contribution in [0.25, 0.3) is 10.9 Å². The van der Waals surface area contributed by atoms with Gasteiger partial charge in [0.25, 0.3) is 5.91 Å². The van der Waals surface area contributed by atoms with Crippen molar-refractivity contribution >= 4 is 28.4 Å². The van der Waals surface area contributed by atoms with Crippen molar-refractivity contribution in [2.75, 3.05) is 4.90 Å². The van der Waals surface area contributed by atoms with Crippen LogP contribution < -0.4 is 10.2 Å². The summed E-state index contributed by atoms with van der Waals surface area (Å²) in [5, 5.41) is 7.31. The van der Waals surface area contributed by atoms with E-state index in [1.165, 1.54) is 35.2 Å². The Morgan fingerprint density at radius 1 is 1.08 bits per heavy atom. The van der Waals surface area contributed by atoms with Gasteiger partial charge in [0.05, 0.1) is 30.3 Å². The lowest BCUT2D eigenvalue weighted by Gasteiger charge is -2.29. The second kappa shape index (κ2) is 9.34. The van der Waals surface area contributed by atoms with Crippen LogP contribution in [0.5, 0.6) is 0 Å². The van der Waals surface area contributed by atoms with Gasteiger partial charge < -0.3 is 10.2 Å². The molecule has 1 N–H and O–H groups in total. The number of amides is 2. The van der Waals surface area contributed by atoms with Gasteiger partial charge in [0.2, 0.25) is 5.91 Å². The first-order valence-electron chi connectivity index (χ1n) is 11.6. The lowest BCUT2D eigenvalue weighted by Crippen LogP contribution is -2.46. The third kappa shape index (κ3) is 4.78. The minimum atomic E-state index is -3.63. The van der Waals surface area contributed by atoms with Crippen molar-refractivity contribution < 1.29 is 27.2 Å². The molecule has 0 spiro atoms. The molecule has 2 atom stereocenters. The first kappa shape index (κ1) is 24.5. The predicted molar refractivity (Wildman–Crippen MR) is 129 cm³/mol. The van der Waals surface area contributed by atoms with E-state index in [1.54, 1.807) is 47.3 Å². The maximum Gasteiger partial charge on any atom is 0.321 e. The molecule has 1 aliphatic rings. The number of alkyl halides is 2. The van der Waals surface area contributed by atoms with Gasteiger partial charge in [0.1, 0.15) is 11.6 Å². The molecule has 1 saturated heterocycles. The lowest BCUT2D eigenvalue weighted by molar-refractivity contribution is -0.143. The number of rotatable bonds is 6. The van der Waals surface area contributed by atoms with Gasteiger partial charge in [-0.3, -0.25) is 14.3 Å². The van der Waals surface area contributed by atoms with Crippen molar-refractivity contribution in [1.29, 1.82) is 0 Å². The van der Waals surface area contributed by atoms with Crippen LogP contribution in [0, 0.1) is 11.6 Å². The average molecular weight is 510 g/mol. The number of halogens is 4.